The number of methoxy groups -OCH3 is 1. The van der Waals surface area contributed by atoms with E-state index in [0.717, 1.165) is 26.8 Å². The van der Waals surface area contributed by atoms with E-state index >= 15 is 0 Å². The van der Waals surface area contributed by atoms with Crippen LogP contribution in [0.5, 0.6) is 5.75 Å². The number of pyridine rings is 1. The monoisotopic (exact) mass is 353 g/mol. The molecule has 0 aliphatic heterocycles. The van der Waals surface area contributed by atoms with Crippen molar-refractivity contribution in [2.45, 2.75) is 0 Å². The van der Waals surface area contributed by atoms with Crippen LogP contribution in [0.1, 0.15) is 5.56 Å². The minimum Gasteiger partial charge on any atom is -0.494 e. The van der Waals surface area contributed by atoms with Crippen LogP contribution in [0.25, 0.3) is 10.9 Å². The standard InChI is InChI=1S/C17H12BrN3O/c1-22-15-4-2-3-14-16(11(9-19)10-20-17(14)15)21-13-7-5-12(18)6-8-13/h2-8,10H,1H3,(H,20,21). The van der Waals surface area contributed by atoms with Crippen LogP contribution in [0, 0.1) is 11.3 Å². The van der Waals surface area contributed by atoms with Gasteiger partial charge in [-0.2, -0.15) is 5.26 Å². The Hall–Kier alpha value is -2.58. The van der Waals surface area contributed by atoms with Gasteiger partial charge in [-0.1, -0.05) is 28.1 Å². The van der Waals surface area contributed by atoms with Crippen molar-refractivity contribution in [3.8, 4) is 11.8 Å². The molecule has 0 fully saturated rings. The molecule has 22 heavy (non-hydrogen) atoms. The quantitative estimate of drug-likeness (QED) is 0.746. The zero-order valence-corrected chi connectivity index (χ0v) is 13.4. The fourth-order valence-electron chi connectivity index (χ4n) is 2.26. The lowest BCUT2D eigenvalue weighted by Crippen LogP contribution is -1.97. The van der Waals surface area contributed by atoms with E-state index in [1.807, 2.05) is 42.5 Å². The molecule has 0 amide bonds. The SMILES string of the molecule is COc1cccc2c(Nc3ccc(Br)cc3)c(C#N)cnc12. The molecule has 4 nitrogen and oxygen atoms in total. The lowest BCUT2D eigenvalue weighted by Gasteiger charge is -2.13. The Labute approximate surface area is 136 Å². The molecule has 1 heterocycles. The highest BCUT2D eigenvalue weighted by atomic mass is 79.9. The number of nitrogens with one attached hydrogen (secondary N) is 1. The van der Waals surface area contributed by atoms with Crippen LogP contribution < -0.4 is 10.1 Å². The van der Waals surface area contributed by atoms with E-state index in [-0.39, 0.29) is 0 Å². The van der Waals surface area contributed by atoms with Gasteiger partial charge < -0.3 is 10.1 Å². The molecule has 0 saturated carbocycles. The molecule has 0 atom stereocenters. The lowest BCUT2D eigenvalue weighted by molar-refractivity contribution is 0.419. The van der Waals surface area contributed by atoms with Crippen molar-refractivity contribution in [3.63, 3.8) is 0 Å². The van der Waals surface area contributed by atoms with Crippen molar-refractivity contribution in [2.24, 2.45) is 0 Å². The van der Waals surface area contributed by atoms with Gasteiger partial charge in [-0.3, -0.25) is 4.98 Å². The zero-order valence-electron chi connectivity index (χ0n) is 11.8. The molecule has 3 aromatic rings. The molecular formula is C17H12BrN3O. The van der Waals surface area contributed by atoms with Crippen molar-refractivity contribution < 1.29 is 4.74 Å². The first-order chi connectivity index (χ1) is 10.7. The molecule has 0 aliphatic rings. The van der Waals surface area contributed by atoms with Crippen LogP contribution in [0.15, 0.2) is 53.1 Å². The minimum absolute atomic E-state index is 0.490. The van der Waals surface area contributed by atoms with E-state index in [4.69, 9.17) is 4.74 Å². The topological polar surface area (TPSA) is 57.9 Å². The van der Waals surface area contributed by atoms with E-state index in [2.05, 4.69) is 32.3 Å². The Kier molecular flexibility index (Phi) is 3.94. The van der Waals surface area contributed by atoms with Gasteiger partial charge in [0, 0.05) is 21.7 Å². The minimum atomic E-state index is 0.490. The Morgan fingerprint density at radius 3 is 2.64 bits per heavy atom. The van der Waals surface area contributed by atoms with Crippen LogP contribution in [0.2, 0.25) is 0 Å². The largest absolute Gasteiger partial charge is 0.494 e. The highest BCUT2D eigenvalue weighted by Crippen LogP contribution is 2.33. The molecule has 2 aromatic carbocycles. The van der Waals surface area contributed by atoms with Gasteiger partial charge in [-0.15, -0.1) is 0 Å². The van der Waals surface area contributed by atoms with Crippen molar-refractivity contribution in [2.75, 3.05) is 12.4 Å². The molecular weight excluding hydrogens is 342 g/mol. The van der Waals surface area contributed by atoms with E-state index < -0.39 is 0 Å². The maximum Gasteiger partial charge on any atom is 0.145 e. The molecule has 3 rings (SSSR count). The molecule has 0 aliphatic carbocycles. The third-order valence-electron chi connectivity index (χ3n) is 3.31. The number of hydrogen-bond donors (Lipinski definition) is 1. The van der Waals surface area contributed by atoms with Gasteiger partial charge in [-0.05, 0) is 30.3 Å². The molecule has 0 unspecified atom stereocenters. The summed E-state index contributed by atoms with van der Waals surface area (Å²) in [5.41, 5.74) is 2.84. The zero-order chi connectivity index (χ0) is 15.5. The second-order valence-corrected chi connectivity index (χ2v) is 5.56. The highest BCUT2D eigenvalue weighted by Gasteiger charge is 2.12. The first-order valence-corrected chi connectivity index (χ1v) is 7.40. The van der Waals surface area contributed by atoms with Crippen molar-refractivity contribution in [1.82, 2.24) is 4.98 Å². The van der Waals surface area contributed by atoms with Crippen LogP contribution in [-0.2, 0) is 0 Å². The Balaban J connectivity index is 2.18. The summed E-state index contributed by atoms with van der Waals surface area (Å²) in [6, 6.07) is 15.6. The number of halogens is 1. The summed E-state index contributed by atoms with van der Waals surface area (Å²) in [7, 11) is 1.61. The van der Waals surface area contributed by atoms with E-state index in [1.165, 1.54) is 0 Å². The highest BCUT2D eigenvalue weighted by molar-refractivity contribution is 9.10. The molecule has 5 heteroatoms. The summed E-state index contributed by atoms with van der Waals surface area (Å²) in [6.45, 7) is 0. The number of benzene rings is 2. The molecule has 0 radical (unpaired) electrons. The van der Waals surface area contributed by atoms with Crippen LogP contribution in [-0.4, -0.2) is 12.1 Å². The summed E-state index contributed by atoms with van der Waals surface area (Å²) in [5, 5.41) is 13.5. The van der Waals surface area contributed by atoms with Crippen LogP contribution in [0.4, 0.5) is 11.4 Å². The molecule has 0 saturated heterocycles. The average molecular weight is 354 g/mol. The number of hydrogen-bond acceptors (Lipinski definition) is 4. The number of nitrogens with zero attached hydrogens (tertiary/aromatic N) is 2. The third kappa shape index (κ3) is 2.61. The number of aromatic nitrogens is 1. The lowest BCUT2D eigenvalue weighted by atomic mass is 10.1. The Bertz CT molecular complexity index is 869. The van der Waals surface area contributed by atoms with Gasteiger partial charge in [0.2, 0.25) is 0 Å². The maximum absolute atomic E-state index is 9.36. The predicted octanol–water partition coefficient (Wildman–Crippen LogP) is 4.62. The number of rotatable bonds is 3. The number of ether oxygens (including phenoxy) is 1. The van der Waals surface area contributed by atoms with E-state index in [0.29, 0.717) is 11.3 Å². The van der Waals surface area contributed by atoms with Gasteiger partial charge in [0.1, 0.15) is 17.3 Å². The van der Waals surface area contributed by atoms with E-state index in [1.54, 1.807) is 13.3 Å². The first-order valence-electron chi connectivity index (χ1n) is 6.61. The summed E-state index contributed by atoms with van der Waals surface area (Å²) in [4.78, 5) is 4.34. The Morgan fingerprint density at radius 2 is 1.95 bits per heavy atom. The van der Waals surface area contributed by atoms with Gasteiger partial charge in [-0.25, -0.2) is 0 Å². The second-order valence-electron chi connectivity index (χ2n) is 4.65. The molecule has 1 aromatic heterocycles. The fourth-order valence-corrected chi connectivity index (χ4v) is 2.52. The summed E-state index contributed by atoms with van der Waals surface area (Å²) < 4.78 is 6.34. The van der Waals surface area contributed by atoms with Crippen molar-refractivity contribution in [1.29, 1.82) is 5.26 Å². The molecule has 0 spiro atoms. The predicted molar refractivity (Wildman–Crippen MR) is 90.4 cm³/mol. The summed E-state index contributed by atoms with van der Waals surface area (Å²) in [6.07, 6.45) is 1.56. The fraction of sp³-hybridized carbons (Fsp3) is 0.0588. The van der Waals surface area contributed by atoms with Crippen LogP contribution >= 0.6 is 15.9 Å². The second kappa shape index (κ2) is 6.04. The van der Waals surface area contributed by atoms with Gasteiger partial charge in [0.05, 0.1) is 18.4 Å². The van der Waals surface area contributed by atoms with Crippen molar-refractivity contribution >= 4 is 38.2 Å². The number of fused-ring (bicyclic) bond motifs is 1. The summed E-state index contributed by atoms with van der Waals surface area (Å²) >= 11 is 3.41. The first kappa shape index (κ1) is 14.4. The number of para-hydroxylation sites is 1. The number of nitriles is 1. The smallest absolute Gasteiger partial charge is 0.145 e. The summed E-state index contributed by atoms with van der Waals surface area (Å²) in [5.74, 6) is 0.681. The van der Waals surface area contributed by atoms with Gasteiger partial charge in [0.25, 0.3) is 0 Å². The molecule has 108 valence electrons. The van der Waals surface area contributed by atoms with Crippen LogP contribution in [0.3, 0.4) is 0 Å². The number of anilines is 2. The third-order valence-corrected chi connectivity index (χ3v) is 3.84. The molecule has 1 N–H and O–H groups in total. The maximum atomic E-state index is 9.36. The molecule has 0 bridgehead atoms. The average Bonchev–Trinajstić information content (AvgIpc) is 2.56. The normalized spacial score (nSPS) is 10.2. The van der Waals surface area contributed by atoms with Gasteiger partial charge >= 0.3 is 0 Å². The Morgan fingerprint density at radius 1 is 1.18 bits per heavy atom. The van der Waals surface area contributed by atoms with E-state index in [9.17, 15) is 5.26 Å². The van der Waals surface area contributed by atoms with Gasteiger partial charge in [0.15, 0.2) is 0 Å². The van der Waals surface area contributed by atoms with Crippen molar-refractivity contribution in [3.05, 3.63) is 58.7 Å².